The zero-order chi connectivity index (χ0) is 12.7. The molecule has 0 aliphatic rings. The van der Waals surface area contributed by atoms with Crippen molar-refractivity contribution in [2.45, 2.75) is 26.3 Å². The average Bonchev–Trinajstić information content (AvgIpc) is 2.36. The van der Waals surface area contributed by atoms with Crippen molar-refractivity contribution >= 4 is 0 Å². The Labute approximate surface area is 105 Å². The highest BCUT2D eigenvalue weighted by Gasteiger charge is 2.15. The second-order valence-electron chi connectivity index (χ2n) is 4.83. The maximum atomic E-state index is 4.35. The summed E-state index contributed by atoms with van der Waals surface area (Å²) in [5.41, 5.74) is 1.17. The van der Waals surface area contributed by atoms with E-state index in [0.29, 0.717) is 12.0 Å². The van der Waals surface area contributed by atoms with Gasteiger partial charge in [-0.15, -0.1) is 0 Å². The summed E-state index contributed by atoms with van der Waals surface area (Å²) in [4.78, 5) is 6.77. The average molecular weight is 235 g/mol. The lowest BCUT2D eigenvalue weighted by Crippen LogP contribution is -2.39. The molecule has 0 saturated heterocycles. The molecule has 3 nitrogen and oxygen atoms in total. The summed E-state index contributed by atoms with van der Waals surface area (Å²) in [6, 6.07) is 6.70. The molecule has 0 aliphatic heterocycles. The molecule has 0 fully saturated rings. The van der Waals surface area contributed by atoms with Gasteiger partial charge in [0.2, 0.25) is 0 Å². The topological polar surface area (TPSA) is 28.2 Å². The van der Waals surface area contributed by atoms with Crippen molar-refractivity contribution in [3.05, 3.63) is 30.1 Å². The van der Waals surface area contributed by atoms with Crippen LogP contribution in [0.2, 0.25) is 0 Å². The van der Waals surface area contributed by atoms with E-state index < -0.39 is 0 Å². The van der Waals surface area contributed by atoms with E-state index in [1.807, 2.05) is 19.3 Å². The summed E-state index contributed by atoms with van der Waals surface area (Å²) in [5.74, 6) is 0.661. The highest BCUT2D eigenvalue weighted by molar-refractivity contribution is 5.03. The van der Waals surface area contributed by atoms with Gasteiger partial charge in [-0.05, 0) is 45.6 Å². The van der Waals surface area contributed by atoms with E-state index in [1.165, 1.54) is 5.69 Å². The van der Waals surface area contributed by atoms with Crippen LogP contribution in [-0.4, -0.2) is 43.1 Å². The van der Waals surface area contributed by atoms with Gasteiger partial charge in [0.25, 0.3) is 0 Å². The zero-order valence-electron chi connectivity index (χ0n) is 11.5. The summed E-state index contributed by atoms with van der Waals surface area (Å²) in [6.45, 7) is 6.71. The van der Waals surface area contributed by atoms with Gasteiger partial charge in [-0.3, -0.25) is 4.98 Å². The fourth-order valence-electron chi connectivity index (χ4n) is 1.97. The molecule has 1 aromatic heterocycles. The Balaban J connectivity index is 2.36. The highest BCUT2D eigenvalue weighted by atomic mass is 15.1. The van der Waals surface area contributed by atoms with Crippen molar-refractivity contribution in [2.24, 2.45) is 5.92 Å². The first-order chi connectivity index (χ1) is 8.15. The van der Waals surface area contributed by atoms with Gasteiger partial charge in [0.1, 0.15) is 0 Å². The van der Waals surface area contributed by atoms with Crippen molar-refractivity contribution in [1.29, 1.82) is 0 Å². The van der Waals surface area contributed by atoms with Crippen molar-refractivity contribution < 1.29 is 0 Å². The predicted molar refractivity (Wildman–Crippen MR) is 73.1 cm³/mol. The monoisotopic (exact) mass is 235 g/mol. The number of likely N-dealkylation sites (N-methyl/N-ethyl adjacent to an activating group) is 1. The van der Waals surface area contributed by atoms with Crippen molar-refractivity contribution in [3.8, 4) is 0 Å². The Kier molecular flexibility index (Phi) is 6.16. The zero-order valence-corrected chi connectivity index (χ0v) is 11.5. The minimum absolute atomic E-state index is 0.589. The molecule has 1 N–H and O–H groups in total. The van der Waals surface area contributed by atoms with Gasteiger partial charge in [-0.25, -0.2) is 0 Å². The molecule has 1 aromatic rings. The molecule has 0 aliphatic carbocycles. The molecule has 1 rings (SSSR count). The first-order valence-electron chi connectivity index (χ1n) is 6.40. The minimum Gasteiger partial charge on any atom is -0.319 e. The molecule has 2 unspecified atom stereocenters. The number of nitrogens with one attached hydrogen (secondary N) is 1. The summed E-state index contributed by atoms with van der Waals surface area (Å²) in [6.07, 6.45) is 2.89. The SMILES string of the molecule is CNCC(C)C(C)N(C)CCc1ccccn1. The second kappa shape index (κ2) is 7.41. The molecule has 0 spiro atoms. The van der Waals surface area contributed by atoms with E-state index in [-0.39, 0.29) is 0 Å². The van der Waals surface area contributed by atoms with Gasteiger partial charge in [-0.2, -0.15) is 0 Å². The maximum absolute atomic E-state index is 4.35. The van der Waals surface area contributed by atoms with Gasteiger partial charge in [0, 0.05) is 30.9 Å². The number of aromatic nitrogens is 1. The fraction of sp³-hybridized carbons (Fsp3) is 0.643. The van der Waals surface area contributed by atoms with Crippen LogP contribution in [0.25, 0.3) is 0 Å². The number of rotatable bonds is 7. The van der Waals surface area contributed by atoms with Gasteiger partial charge in [-0.1, -0.05) is 13.0 Å². The van der Waals surface area contributed by atoms with Crippen LogP contribution < -0.4 is 5.32 Å². The molecule has 3 heteroatoms. The van der Waals surface area contributed by atoms with E-state index in [4.69, 9.17) is 0 Å². The Morgan fingerprint density at radius 1 is 1.35 bits per heavy atom. The quantitative estimate of drug-likeness (QED) is 0.781. The van der Waals surface area contributed by atoms with Crippen LogP contribution in [-0.2, 0) is 6.42 Å². The van der Waals surface area contributed by atoms with Gasteiger partial charge >= 0.3 is 0 Å². The molecule has 0 radical (unpaired) electrons. The Morgan fingerprint density at radius 3 is 2.71 bits per heavy atom. The largest absolute Gasteiger partial charge is 0.319 e. The molecular formula is C14H25N3. The van der Waals surface area contributed by atoms with Crippen LogP contribution in [0.1, 0.15) is 19.5 Å². The Bertz CT molecular complexity index is 300. The third-order valence-corrected chi connectivity index (χ3v) is 3.49. The minimum atomic E-state index is 0.589. The first-order valence-corrected chi connectivity index (χ1v) is 6.40. The van der Waals surface area contributed by atoms with Crippen LogP contribution in [0.5, 0.6) is 0 Å². The van der Waals surface area contributed by atoms with E-state index in [2.05, 4.69) is 48.2 Å². The summed E-state index contributed by atoms with van der Waals surface area (Å²) >= 11 is 0. The molecule has 0 amide bonds. The molecule has 17 heavy (non-hydrogen) atoms. The Morgan fingerprint density at radius 2 is 2.12 bits per heavy atom. The smallest absolute Gasteiger partial charge is 0.0416 e. The van der Waals surface area contributed by atoms with Crippen LogP contribution in [0.4, 0.5) is 0 Å². The van der Waals surface area contributed by atoms with Crippen LogP contribution in [0.3, 0.4) is 0 Å². The number of nitrogens with zero attached hydrogens (tertiary/aromatic N) is 2. The Hall–Kier alpha value is -0.930. The normalized spacial score (nSPS) is 14.9. The summed E-state index contributed by atoms with van der Waals surface area (Å²) in [7, 11) is 4.21. The molecule has 0 aromatic carbocycles. The molecular weight excluding hydrogens is 210 g/mol. The summed E-state index contributed by atoms with van der Waals surface area (Å²) < 4.78 is 0. The van der Waals surface area contributed by atoms with Crippen LogP contribution in [0, 0.1) is 5.92 Å². The van der Waals surface area contributed by atoms with E-state index in [1.54, 1.807) is 0 Å². The number of hydrogen-bond acceptors (Lipinski definition) is 3. The van der Waals surface area contributed by atoms with E-state index in [9.17, 15) is 0 Å². The molecule has 0 bridgehead atoms. The van der Waals surface area contributed by atoms with Gasteiger partial charge in [0.05, 0.1) is 0 Å². The van der Waals surface area contributed by atoms with Gasteiger partial charge in [0.15, 0.2) is 0 Å². The van der Waals surface area contributed by atoms with Crippen LogP contribution in [0.15, 0.2) is 24.4 Å². The molecule has 0 saturated carbocycles. The van der Waals surface area contributed by atoms with Crippen molar-refractivity contribution in [1.82, 2.24) is 15.2 Å². The van der Waals surface area contributed by atoms with E-state index in [0.717, 1.165) is 19.5 Å². The highest BCUT2D eigenvalue weighted by Crippen LogP contribution is 2.09. The summed E-state index contributed by atoms with van der Waals surface area (Å²) in [5, 5.41) is 3.24. The second-order valence-corrected chi connectivity index (χ2v) is 4.83. The first kappa shape index (κ1) is 14.1. The number of hydrogen-bond donors (Lipinski definition) is 1. The van der Waals surface area contributed by atoms with Gasteiger partial charge < -0.3 is 10.2 Å². The molecule has 1 heterocycles. The fourth-order valence-corrected chi connectivity index (χ4v) is 1.97. The predicted octanol–water partition coefficient (Wildman–Crippen LogP) is 1.80. The molecule has 96 valence electrons. The lowest BCUT2D eigenvalue weighted by Gasteiger charge is -2.29. The lowest BCUT2D eigenvalue weighted by atomic mass is 10.0. The maximum Gasteiger partial charge on any atom is 0.0416 e. The standard InChI is InChI=1S/C14H25N3/c1-12(11-15-3)13(2)17(4)10-8-14-7-5-6-9-16-14/h5-7,9,12-13,15H,8,10-11H2,1-4H3. The van der Waals surface area contributed by atoms with E-state index >= 15 is 0 Å². The number of pyridine rings is 1. The molecule has 2 atom stereocenters. The van der Waals surface area contributed by atoms with Crippen LogP contribution >= 0.6 is 0 Å². The third kappa shape index (κ3) is 4.84. The third-order valence-electron chi connectivity index (χ3n) is 3.49. The van der Waals surface area contributed by atoms with Crippen molar-refractivity contribution in [3.63, 3.8) is 0 Å². The lowest BCUT2D eigenvalue weighted by molar-refractivity contribution is 0.199. The van der Waals surface area contributed by atoms with Crippen molar-refractivity contribution in [2.75, 3.05) is 27.2 Å².